The van der Waals surface area contributed by atoms with Crippen LogP contribution in [0.5, 0.6) is 0 Å². The zero-order valence-electron chi connectivity index (χ0n) is 28.1. The van der Waals surface area contributed by atoms with Crippen molar-refractivity contribution in [1.29, 1.82) is 0 Å². The van der Waals surface area contributed by atoms with Gasteiger partial charge < -0.3 is 11.5 Å². The van der Waals surface area contributed by atoms with Crippen molar-refractivity contribution in [2.24, 2.45) is 11.8 Å². The summed E-state index contributed by atoms with van der Waals surface area (Å²) in [6, 6.07) is 16.7. The van der Waals surface area contributed by atoms with Gasteiger partial charge in [0.05, 0.1) is 0 Å². The monoisotopic (exact) mass is 653 g/mol. The molecule has 0 saturated heterocycles. The summed E-state index contributed by atoms with van der Waals surface area (Å²) in [5, 5.41) is 0.941. The molecule has 0 atom stereocenters. The first-order valence-electron chi connectivity index (χ1n) is 14.4. The van der Waals surface area contributed by atoms with Gasteiger partial charge in [0.1, 0.15) is 6.29 Å². The Morgan fingerprint density at radius 3 is 1.76 bits per heavy atom. The van der Waals surface area contributed by atoms with E-state index in [0.717, 1.165) is 45.6 Å². The number of aldehydes is 1. The summed E-state index contributed by atoms with van der Waals surface area (Å²) in [6.45, 7) is 32.2. The SMILES string of the molecule is C=CC=O.CC.CC(C)C.CCC.CCC(C)CC.O=Cn1c[c-]c2cc(Br)ccc21.[CH2-]Cc1ccccc1[CH2-].[K+]. The molecule has 0 aliphatic carbocycles. The van der Waals surface area contributed by atoms with Gasteiger partial charge in [-0.25, -0.2) is 6.42 Å². The van der Waals surface area contributed by atoms with Crippen molar-refractivity contribution >= 4 is 39.5 Å². The number of benzene rings is 2. The van der Waals surface area contributed by atoms with Gasteiger partial charge in [0.25, 0.3) is 0 Å². The fourth-order valence-electron chi connectivity index (χ4n) is 2.23. The van der Waals surface area contributed by atoms with Crippen molar-refractivity contribution in [2.45, 2.75) is 94.9 Å². The number of hydrogen-bond acceptors (Lipinski definition) is 2. The molecular weight excluding hydrogens is 597 g/mol. The minimum Gasteiger partial charge on any atom is -0.356 e. The average molecular weight is 655 g/mol. The van der Waals surface area contributed by atoms with E-state index in [4.69, 9.17) is 4.79 Å². The molecule has 0 fully saturated rings. The average Bonchev–Trinajstić information content (AvgIpc) is 3.37. The van der Waals surface area contributed by atoms with Gasteiger partial charge in [0.2, 0.25) is 6.41 Å². The van der Waals surface area contributed by atoms with E-state index < -0.39 is 0 Å². The standard InChI is InChI=1S/C9H5BrNO.C9H10.C6H14.C4H10.C3H4O.C3H8.C2H6.K/c10-8-1-2-9-7(5-8)3-4-11(9)6-12;1-3-9-7-5-4-6-8(9)2;1-4-6(3)5-2;1-4(2)3;1-2-3-4;1-3-2;1-2;/h1-2,4-6H;4-7H,1-3H2;6H,4-5H2,1-3H3;4H,1-3H3;2-3H,1H2;3H2,1-2H3;1-2H3;/q-1;-2;;;;;;+1. The van der Waals surface area contributed by atoms with Gasteiger partial charge in [-0.1, -0.05) is 141 Å². The molecule has 3 aromatic rings. The van der Waals surface area contributed by atoms with E-state index in [1.54, 1.807) is 6.20 Å². The van der Waals surface area contributed by atoms with Crippen molar-refractivity contribution in [3.05, 3.63) is 96.8 Å². The van der Waals surface area contributed by atoms with E-state index in [2.05, 4.69) is 104 Å². The number of halogens is 1. The van der Waals surface area contributed by atoms with Gasteiger partial charge in [-0.3, -0.25) is 9.59 Å². The third-order valence-corrected chi connectivity index (χ3v) is 5.08. The van der Waals surface area contributed by atoms with Gasteiger partial charge >= 0.3 is 51.4 Å². The predicted octanol–water partition coefficient (Wildman–Crippen LogP) is 8.41. The summed E-state index contributed by atoms with van der Waals surface area (Å²) < 4.78 is 2.50. The maximum Gasteiger partial charge on any atom is 1.00 e. The number of hydrogen-bond donors (Lipinski definition) is 0. The Morgan fingerprint density at radius 1 is 0.976 bits per heavy atom. The van der Waals surface area contributed by atoms with Gasteiger partial charge in [0.15, 0.2) is 0 Å². The predicted molar refractivity (Wildman–Crippen MR) is 184 cm³/mol. The van der Waals surface area contributed by atoms with Crippen LogP contribution >= 0.6 is 15.9 Å². The van der Waals surface area contributed by atoms with E-state index >= 15 is 0 Å². The van der Waals surface area contributed by atoms with Gasteiger partial charge in [-0.15, -0.1) is 18.2 Å². The molecule has 0 saturated carbocycles. The summed E-state index contributed by atoms with van der Waals surface area (Å²) in [5.74, 6) is 1.77. The second-order valence-electron chi connectivity index (χ2n) is 9.20. The number of carbonyl (C=O) groups excluding carboxylic acids is 2. The Morgan fingerprint density at radius 2 is 1.44 bits per heavy atom. The normalized spacial score (nSPS) is 8.54. The van der Waals surface area contributed by atoms with Crippen LogP contribution in [0.1, 0.15) is 99.6 Å². The number of nitrogens with zero attached hydrogens (tertiary/aromatic N) is 1. The van der Waals surface area contributed by atoms with E-state index in [-0.39, 0.29) is 51.4 Å². The smallest absolute Gasteiger partial charge is 0.356 e. The van der Waals surface area contributed by atoms with E-state index in [0.29, 0.717) is 6.29 Å². The van der Waals surface area contributed by atoms with Crippen molar-refractivity contribution in [3.63, 3.8) is 0 Å². The Labute approximate surface area is 305 Å². The first-order chi connectivity index (χ1) is 19.0. The summed E-state index contributed by atoms with van der Waals surface area (Å²) >= 11 is 3.35. The van der Waals surface area contributed by atoms with Gasteiger partial charge in [0, 0.05) is 0 Å². The zero-order valence-corrected chi connectivity index (χ0v) is 32.8. The van der Waals surface area contributed by atoms with Crippen LogP contribution in [0.25, 0.3) is 10.9 Å². The first kappa shape index (κ1) is 49.7. The maximum absolute atomic E-state index is 10.5. The van der Waals surface area contributed by atoms with Gasteiger partial charge in [-0.05, 0) is 22.4 Å². The summed E-state index contributed by atoms with van der Waals surface area (Å²) in [5.41, 5.74) is 3.21. The second kappa shape index (κ2) is 37.1. The molecule has 0 amide bonds. The molecule has 1 aromatic heterocycles. The number of rotatable bonds is 5. The zero-order chi connectivity index (χ0) is 31.9. The molecular formula is C36H57BrKNO2-2. The summed E-state index contributed by atoms with van der Waals surface area (Å²) in [4.78, 5) is 19.6. The maximum atomic E-state index is 10.5. The largest absolute Gasteiger partial charge is 1.00 e. The van der Waals surface area contributed by atoms with Crippen LogP contribution in [0.15, 0.2) is 65.8 Å². The van der Waals surface area contributed by atoms with Crippen molar-refractivity contribution in [3.8, 4) is 0 Å². The molecule has 0 N–H and O–H groups in total. The summed E-state index contributed by atoms with van der Waals surface area (Å²) in [7, 11) is 0. The third-order valence-electron chi connectivity index (χ3n) is 4.59. The molecule has 41 heavy (non-hydrogen) atoms. The van der Waals surface area contributed by atoms with E-state index in [1.165, 1.54) is 35.5 Å². The van der Waals surface area contributed by atoms with Crippen LogP contribution in [-0.4, -0.2) is 17.3 Å². The van der Waals surface area contributed by atoms with Crippen molar-refractivity contribution in [2.75, 3.05) is 0 Å². The van der Waals surface area contributed by atoms with Crippen molar-refractivity contribution < 1.29 is 61.0 Å². The molecule has 228 valence electrons. The number of aromatic nitrogens is 1. The number of allylic oxidation sites excluding steroid dienone is 1. The summed E-state index contributed by atoms with van der Waals surface area (Å²) in [6.07, 6.45) is 8.98. The Hall–Kier alpha value is -0.954. The minimum atomic E-state index is 0. The number of carbonyl (C=O) groups is 2. The van der Waals surface area contributed by atoms with Crippen LogP contribution in [0.3, 0.4) is 0 Å². The molecule has 2 aromatic carbocycles. The molecule has 1 heterocycles. The Kier molecular flexibility index (Phi) is 44.9. The fraction of sp³-hybridized carbons (Fsp3) is 0.444. The molecule has 0 radical (unpaired) electrons. The minimum absolute atomic E-state index is 0. The molecule has 0 spiro atoms. The molecule has 5 heteroatoms. The van der Waals surface area contributed by atoms with Crippen LogP contribution < -0.4 is 51.4 Å². The first-order valence-corrected chi connectivity index (χ1v) is 15.2. The van der Waals surface area contributed by atoms with Crippen LogP contribution in [0.2, 0.25) is 0 Å². The molecule has 3 rings (SSSR count). The van der Waals surface area contributed by atoms with Crippen LogP contribution in [-0.2, 0) is 16.0 Å². The van der Waals surface area contributed by atoms with Crippen LogP contribution in [0, 0.1) is 31.7 Å². The van der Waals surface area contributed by atoms with Crippen LogP contribution in [0.4, 0.5) is 0 Å². The van der Waals surface area contributed by atoms with Crippen molar-refractivity contribution in [1.82, 2.24) is 4.57 Å². The second-order valence-corrected chi connectivity index (χ2v) is 10.1. The van der Waals surface area contributed by atoms with E-state index in [9.17, 15) is 4.79 Å². The fourth-order valence-corrected chi connectivity index (χ4v) is 2.60. The number of fused-ring (bicyclic) bond motifs is 1. The Bertz CT molecular complexity index is 970. The third kappa shape index (κ3) is 31.8. The molecule has 0 bridgehead atoms. The Balaban J connectivity index is -0.000000134. The molecule has 0 aliphatic heterocycles. The molecule has 0 aliphatic rings. The van der Waals surface area contributed by atoms with Gasteiger partial charge in [-0.2, -0.15) is 35.6 Å². The molecule has 0 unspecified atom stereocenters. The molecule has 3 nitrogen and oxygen atoms in total. The van der Waals surface area contributed by atoms with E-state index in [1.807, 2.05) is 50.2 Å². The topological polar surface area (TPSA) is 39.1 Å². The quantitative estimate of drug-likeness (QED) is 0.120.